The Hall–Kier alpha value is -2.56. The van der Waals surface area contributed by atoms with Gasteiger partial charge in [0.2, 0.25) is 5.82 Å². The van der Waals surface area contributed by atoms with Crippen LogP contribution in [0.5, 0.6) is 0 Å². The summed E-state index contributed by atoms with van der Waals surface area (Å²) in [5, 5.41) is 3.95. The zero-order valence-corrected chi connectivity index (χ0v) is 12.0. The topological polar surface area (TPSA) is 64.7 Å². The Morgan fingerprint density at radius 1 is 1.10 bits per heavy atom. The van der Waals surface area contributed by atoms with Crippen molar-refractivity contribution in [1.29, 1.82) is 0 Å². The quantitative estimate of drug-likeness (QED) is 0.733. The predicted octanol–water partition coefficient (Wildman–Crippen LogP) is 3.39. The third-order valence-electron chi connectivity index (χ3n) is 3.06. The lowest BCUT2D eigenvalue weighted by atomic mass is 10.0. The zero-order chi connectivity index (χ0) is 14.7. The molecule has 0 spiro atoms. The van der Waals surface area contributed by atoms with Crippen LogP contribution in [0, 0.1) is 5.92 Å². The summed E-state index contributed by atoms with van der Waals surface area (Å²) in [6, 6.07) is 8.21. The van der Waals surface area contributed by atoms with E-state index in [1.54, 1.807) is 18.6 Å². The lowest BCUT2D eigenvalue weighted by Crippen LogP contribution is -1.93. The molecule has 5 heteroatoms. The van der Waals surface area contributed by atoms with Crippen molar-refractivity contribution in [2.75, 3.05) is 0 Å². The fraction of sp³-hybridized carbons (Fsp3) is 0.250. The maximum atomic E-state index is 5.30. The van der Waals surface area contributed by atoms with Crippen LogP contribution in [-0.4, -0.2) is 20.1 Å². The molecule has 1 aromatic carbocycles. The van der Waals surface area contributed by atoms with Crippen LogP contribution >= 0.6 is 0 Å². The molecule has 3 rings (SSSR count). The fourth-order valence-electron chi connectivity index (χ4n) is 2.11. The maximum absolute atomic E-state index is 5.30. The molecular weight excluding hydrogens is 264 g/mol. The highest BCUT2D eigenvalue weighted by atomic mass is 16.5. The molecule has 21 heavy (non-hydrogen) atoms. The van der Waals surface area contributed by atoms with Crippen molar-refractivity contribution in [3.63, 3.8) is 0 Å². The summed E-state index contributed by atoms with van der Waals surface area (Å²) in [7, 11) is 0. The Bertz CT molecular complexity index is 705. The molecule has 0 atom stereocenters. The van der Waals surface area contributed by atoms with E-state index in [9.17, 15) is 0 Å². The standard InChI is InChI=1S/C16H16N4O/c1-11(2)9-12-3-5-13(6-4-12)16-19-15(20-21-16)14-10-17-7-8-18-14/h3-8,10-11H,9H2,1-2H3. The van der Waals surface area contributed by atoms with E-state index in [2.05, 4.69) is 46.1 Å². The molecule has 0 fully saturated rings. The van der Waals surface area contributed by atoms with E-state index in [1.807, 2.05) is 12.1 Å². The molecule has 0 unspecified atom stereocenters. The van der Waals surface area contributed by atoms with E-state index in [1.165, 1.54) is 5.56 Å². The molecule has 0 aliphatic rings. The van der Waals surface area contributed by atoms with Gasteiger partial charge in [0.1, 0.15) is 5.69 Å². The molecule has 0 bridgehead atoms. The average Bonchev–Trinajstić information content (AvgIpc) is 2.98. The van der Waals surface area contributed by atoms with Gasteiger partial charge in [-0.2, -0.15) is 4.98 Å². The molecule has 106 valence electrons. The molecule has 2 aromatic heterocycles. The van der Waals surface area contributed by atoms with Gasteiger partial charge in [-0.3, -0.25) is 4.98 Å². The van der Waals surface area contributed by atoms with Crippen LogP contribution in [0.1, 0.15) is 19.4 Å². The first-order valence-electron chi connectivity index (χ1n) is 6.92. The van der Waals surface area contributed by atoms with Crippen molar-refractivity contribution < 1.29 is 4.52 Å². The highest BCUT2D eigenvalue weighted by molar-refractivity contribution is 5.57. The first-order valence-corrected chi connectivity index (χ1v) is 6.92. The van der Waals surface area contributed by atoms with Gasteiger partial charge in [-0.15, -0.1) is 0 Å². The average molecular weight is 280 g/mol. The summed E-state index contributed by atoms with van der Waals surface area (Å²) >= 11 is 0. The molecule has 0 aliphatic carbocycles. The van der Waals surface area contributed by atoms with Crippen LogP contribution in [0.2, 0.25) is 0 Å². The Balaban J connectivity index is 1.83. The second-order valence-electron chi connectivity index (χ2n) is 5.31. The number of hydrogen-bond acceptors (Lipinski definition) is 5. The third kappa shape index (κ3) is 3.13. The lowest BCUT2D eigenvalue weighted by molar-refractivity contribution is 0.432. The highest BCUT2D eigenvalue weighted by Gasteiger charge is 2.11. The van der Waals surface area contributed by atoms with Crippen molar-refractivity contribution in [2.24, 2.45) is 5.92 Å². The summed E-state index contributed by atoms with van der Waals surface area (Å²) < 4.78 is 5.30. The van der Waals surface area contributed by atoms with E-state index in [4.69, 9.17) is 4.52 Å². The van der Waals surface area contributed by atoms with Crippen LogP contribution in [0.25, 0.3) is 23.0 Å². The van der Waals surface area contributed by atoms with Gasteiger partial charge in [-0.25, -0.2) is 4.98 Å². The molecule has 0 amide bonds. The molecule has 5 nitrogen and oxygen atoms in total. The van der Waals surface area contributed by atoms with Gasteiger partial charge in [0.05, 0.1) is 6.20 Å². The van der Waals surface area contributed by atoms with E-state index in [-0.39, 0.29) is 0 Å². The summed E-state index contributed by atoms with van der Waals surface area (Å²) in [4.78, 5) is 12.5. The number of aromatic nitrogens is 4. The van der Waals surface area contributed by atoms with Gasteiger partial charge in [0.25, 0.3) is 5.89 Å². The normalized spacial score (nSPS) is 11.0. The number of rotatable bonds is 4. The van der Waals surface area contributed by atoms with Crippen molar-refractivity contribution >= 4 is 0 Å². The second-order valence-corrected chi connectivity index (χ2v) is 5.31. The van der Waals surface area contributed by atoms with Crippen LogP contribution in [0.3, 0.4) is 0 Å². The lowest BCUT2D eigenvalue weighted by Gasteiger charge is -2.04. The monoisotopic (exact) mass is 280 g/mol. The maximum Gasteiger partial charge on any atom is 0.258 e. The molecular formula is C16H16N4O. The fourth-order valence-corrected chi connectivity index (χ4v) is 2.11. The smallest absolute Gasteiger partial charge is 0.258 e. The number of benzene rings is 1. The van der Waals surface area contributed by atoms with Crippen molar-refractivity contribution in [3.8, 4) is 23.0 Å². The molecule has 0 aliphatic heterocycles. The molecule has 0 saturated heterocycles. The summed E-state index contributed by atoms with van der Waals surface area (Å²) in [6.07, 6.45) is 5.89. The minimum atomic E-state index is 0.448. The van der Waals surface area contributed by atoms with E-state index in [0.29, 0.717) is 23.3 Å². The van der Waals surface area contributed by atoms with E-state index >= 15 is 0 Å². The second kappa shape index (κ2) is 5.83. The first-order chi connectivity index (χ1) is 10.2. The minimum absolute atomic E-state index is 0.448. The zero-order valence-electron chi connectivity index (χ0n) is 12.0. The molecule has 0 radical (unpaired) electrons. The SMILES string of the molecule is CC(C)Cc1ccc(-c2nc(-c3cnccn3)no2)cc1. The summed E-state index contributed by atoms with van der Waals surface area (Å²) in [5.74, 6) is 1.58. The van der Waals surface area contributed by atoms with Gasteiger partial charge >= 0.3 is 0 Å². The van der Waals surface area contributed by atoms with Crippen molar-refractivity contribution in [1.82, 2.24) is 20.1 Å². The minimum Gasteiger partial charge on any atom is -0.334 e. The largest absolute Gasteiger partial charge is 0.334 e. The Morgan fingerprint density at radius 2 is 1.90 bits per heavy atom. The molecule has 3 aromatic rings. The van der Waals surface area contributed by atoms with Gasteiger partial charge < -0.3 is 4.52 Å². The Kier molecular flexibility index (Phi) is 3.73. The van der Waals surface area contributed by atoms with E-state index in [0.717, 1.165) is 12.0 Å². The number of hydrogen-bond donors (Lipinski definition) is 0. The van der Waals surface area contributed by atoms with Crippen molar-refractivity contribution in [2.45, 2.75) is 20.3 Å². The van der Waals surface area contributed by atoms with E-state index < -0.39 is 0 Å². The summed E-state index contributed by atoms with van der Waals surface area (Å²) in [6.45, 7) is 4.41. The van der Waals surface area contributed by atoms with Gasteiger partial charge in [0.15, 0.2) is 0 Å². The predicted molar refractivity (Wildman–Crippen MR) is 79.3 cm³/mol. The third-order valence-corrected chi connectivity index (χ3v) is 3.06. The van der Waals surface area contributed by atoms with Gasteiger partial charge in [-0.05, 0) is 30.0 Å². The highest BCUT2D eigenvalue weighted by Crippen LogP contribution is 2.21. The van der Waals surface area contributed by atoms with Gasteiger partial charge in [-0.1, -0.05) is 31.1 Å². The molecule has 0 saturated carbocycles. The van der Waals surface area contributed by atoms with Crippen LogP contribution in [0.15, 0.2) is 47.4 Å². The van der Waals surface area contributed by atoms with Crippen molar-refractivity contribution in [3.05, 3.63) is 48.4 Å². The molecule has 0 N–H and O–H groups in total. The van der Waals surface area contributed by atoms with Gasteiger partial charge in [0, 0.05) is 18.0 Å². The Labute approximate surface area is 123 Å². The molecule has 2 heterocycles. The van der Waals surface area contributed by atoms with Crippen LogP contribution in [-0.2, 0) is 6.42 Å². The summed E-state index contributed by atoms with van der Waals surface area (Å²) in [5.41, 5.74) is 2.82. The Morgan fingerprint density at radius 3 is 2.57 bits per heavy atom. The number of nitrogens with zero attached hydrogens (tertiary/aromatic N) is 4. The first kappa shape index (κ1) is 13.4. The van der Waals surface area contributed by atoms with Crippen LogP contribution < -0.4 is 0 Å². The van der Waals surface area contributed by atoms with Crippen LogP contribution in [0.4, 0.5) is 0 Å².